The van der Waals surface area contributed by atoms with E-state index in [1.165, 1.54) is 32.0 Å². The predicted octanol–water partition coefficient (Wildman–Crippen LogP) is 2.97. The molecule has 0 radical (unpaired) electrons. The molecule has 1 fully saturated rings. The van der Waals surface area contributed by atoms with Crippen molar-refractivity contribution in [2.75, 3.05) is 33.3 Å². The number of hydrogen-bond donors (Lipinski definition) is 1. The summed E-state index contributed by atoms with van der Waals surface area (Å²) < 4.78 is 19.5. The van der Waals surface area contributed by atoms with E-state index < -0.39 is 0 Å². The Morgan fingerprint density at radius 3 is 2.75 bits per heavy atom. The minimum atomic E-state index is -0.205. The molecular formula is C16H25FN2O. The minimum absolute atomic E-state index is 0.0132. The number of benzene rings is 1. The zero-order valence-corrected chi connectivity index (χ0v) is 12.5. The zero-order valence-electron chi connectivity index (χ0n) is 12.5. The van der Waals surface area contributed by atoms with Gasteiger partial charge in [-0.05, 0) is 52.4 Å². The van der Waals surface area contributed by atoms with Crippen molar-refractivity contribution in [3.8, 4) is 5.75 Å². The number of halogens is 1. The summed E-state index contributed by atoms with van der Waals surface area (Å²) in [5.41, 5.74) is 0.678. The van der Waals surface area contributed by atoms with E-state index >= 15 is 0 Å². The van der Waals surface area contributed by atoms with Crippen molar-refractivity contribution in [2.45, 2.75) is 32.2 Å². The second-order valence-corrected chi connectivity index (χ2v) is 5.44. The van der Waals surface area contributed by atoms with Gasteiger partial charge in [-0.3, -0.25) is 0 Å². The van der Waals surface area contributed by atoms with Crippen molar-refractivity contribution in [3.05, 3.63) is 29.6 Å². The van der Waals surface area contributed by atoms with Gasteiger partial charge in [0.2, 0.25) is 0 Å². The Hall–Kier alpha value is -1.13. The highest BCUT2D eigenvalue weighted by atomic mass is 19.1. The van der Waals surface area contributed by atoms with Gasteiger partial charge in [-0.25, -0.2) is 4.39 Å². The summed E-state index contributed by atoms with van der Waals surface area (Å²) in [4.78, 5) is 2.46. The highest BCUT2D eigenvalue weighted by molar-refractivity contribution is 5.30. The van der Waals surface area contributed by atoms with Crippen LogP contribution in [0, 0.1) is 5.82 Å². The maximum Gasteiger partial charge on any atom is 0.131 e. The van der Waals surface area contributed by atoms with Crippen LogP contribution in [0.1, 0.15) is 37.8 Å². The van der Waals surface area contributed by atoms with Gasteiger partial charge in [-0.15, -0.1) is 0 Å². The molecule has 1 unspecified atom stereocenters. The molecule has 1 N–H and O–H groups in total. The first kappa shape index (κ1) is 15.3. The normalized spacial score (nSPS) is 17.4. The van der Waals surface area contributed by atoms with Crippen LogP contribution in [0.15, 0.2) is 18.2 Å². The Labute approximate surface area is 121 Å². The molecule has 0 aliphatic carbocycles. The standard InChI is InChI=1S/C16H25FN2O/c1-13(18-2)15-7-6-14(12-16(15)17)20-11-5-10-19-8-3-4-9-19/h6-7,12-13,18H,3-5,8-11H2,1-2H3. The van der Waals surface area contributed by atoms with Crippen LogP contribution in [0.3, 0.4) is 0 Å². The molecular weight excluding hydrogens is 255 g/mol. The Morgan fingerprint density at radius 2 is 2.10 bits per heavy atom. The molecule has 0 saturated carbocycles. The Bertz CT molecular complexity index is 419. The van der Waals surface area contributed by atoms with Crippen LogP contribution in [0.4, 0.5) is 4.39 Å². The lowest BCUT2D eigenvalue weighted by molar-refractivity contribution is 0.262. The Morgan fingerprint density at radius 1 is 1.35 bits per heavy atom. The van der Waals surface area contributed by atoms with Gasteiger partial charge in [0, 0.05) is 24.2 Å². The maximum atomic E-state index is 13.9. The minimum Gasteiger partial charge on any atom is -0.493 e. The molecule has 4 heteroatoms. The molecule has 1 aliphatic rings. The van der Waals surface area contributed by atoms with Crippen molar-refractivity contribution in [1.82, 2.24) is 10.2 Å². The number of likely N-dealkylation sites (tertiary alicyclic amines) is 1. The lowest BCUT2D eigenvalue weighted by Gasteiger charge is -2.15. The highest BCUT2D eigenvalue weighted by Gasteiger charge is 2.11. The van der Waals surface area contributed by atoms with Crippen LogP contribution in [-0.4, -0.2) is 38.2 Å². The first-order valence-corrected chi connectivity index (χ1v) is 7.52. The van der Waals surface area contributed by atoms with Crippen molar-refractivity contribution in [1.29, 1.82) is 0 Å². The number of ether oxygens (including phenoxy) is 1. The SMILES string of the molecule is CNC(C)c1ccc(OCCCN2CCCC2)cc1F. The van der Waals surface area contributed by atoms with Gasteiger partial charge >= 0.3 is 0 Å². The monoisotopic (exact) mass is 280 g/mol. The van der Waals surface area contributed by atoms with E-state index in [2.05, 4.69) is 10.2 Å². The maximum absolute atomic E-state index is 13.9. The van der Waals surface area contributed by atoms with Crippen molar-refractivity contribution in [2.24, 2.45) is 0 Å². The number of rotatable bonds is 7. The molecule has 2 rings (SSSR count). The molecule has 1 heterocycles. The zero-order chi connectivity index (χ0) is 14.4. The van der Waals surface area contributed by atoms with Gasteiger partial charge in [0.25, 0.3) is 0 Å². The van der Waals surface area contributed by atoms with Gasteiger partial charge in [-0.1, -0.05) is 6.07 Å². The molecule has 1 atom stereocenters. The molecule has 0 aromatic heterocycles. The van der Waals surface area contributed by atoms with Gasteiger partial charge in [-0.2, -0.15) is 0 Å². The van der Waals surface area contributed by atoms with Crippen LogP contribution < -0.4 is 10.1 Å². The Balaban J connectivity index is 1.76. The van der Waals surface area contributed by atoms with Crippen LogP contribution in [0.25, 0.3) is 0 Å². The average molecular weight is 280 g/mol. The molecule has 0 bridgehead atoms. The van der Waals surface area contributed by atoms with Crippen molar-refractivity contribution in [3.63, 3.8) is 0 Å². The molecule has 112 valence electrons. The van der Waals surface area contributed by atoms with E-state index in [4.69, 9.17) is 4.74 Å². The lowest BCUT2D eigenvalue weighted by Crippen LogP contribution is -2.21. The van der Waals surface area contributed by atoms with Gasteiger partial charge < -0.3 is 15.0 Å². The van der Waals surface area contributed by atoms with E-state index in [1.807, 2.05) is 20.0 Å². The van der Waals surface area contributed by atoms with Gasteiger partial charge in [0.15, 0.2) is 0 Å². The van der Waals surface area contributed by atoms with Gasteiger partial charge in [0.05, 0.1) is 6.61 Å². The van der Waals surface area contributed by atoms with Gasteiger partial charge in [0.1, 0.15) is 11.6 Å². The van der Waals surface area contributed by atoms with Crippen molar-refractivity contribution >= 4 is 0 Å². The quantitative estimate of drug-likeness (QED) is 0.777. The molecule has 1 aromatic carbocycles. The molecule has 1 aliphatic heterocycles. The smallest absolute Gasteiger partial charge is 0.131 e. The second kappa shape index (κ2) is 7.60. The van der Waals surface area contributed by atoms with Crippen LogP contribution >= 0.6 is 0 Å². The molecule has 1 saturated heterocycles. The first-order valence-electron chi connectivity index (χ1n) is 7.52. The lowest BCUT2D eigenvalue weighted by atomic mass is 10.1. The third kappa shape index (κ3) is 4.18. The van der Waals surface area contributed by atoms with E-state index in [-0.39, 0.29) is 11.9 Å². The Kier molecular flexibility index (Phi) is 5.80. The number of nitrogens with zero attached hydrogens (tertiary/aromatic N) is 1. The molecule has 20 heavy (non-hydrogen) atoms. The number of hydrogen-bond acceptors (Lipinski definition) is 3. The fraction of sp³-hybridized carbons (Fsp3) is 0.625. The first-order chi connectivity index (χ1) is 9.70. The van der Waals surface area contributed by atoms with E-state index in [0.29, 0.717) is 17.9 Å². The topological polar surface area (TPSA) is 24.5 Å². The summed E-state index contributed by atoms with van der Waals surface area (Å²) in [6, 6.07) is 5.15. The van der Waals surface area contributed by atoms with E-state index in [9.17, 15) is 4.39 Å². The summed E-state index contributed by atoms with van der Waals surface area (Å²) in [6.07, 6.45) is 3.63. The van der Waals surface area contributed by atoms with E-state index in [0.717, 1.165) is 13.0 Å². The highest BCUT2D eigenvalue weighted by Crippen LogP contribution is 2.21. The predicted molar refractivity (Wildman–Crippen MR) is 79.7 cm³/mol. The molecule has 3 nitrogen and oxygen atoms in total. The summed E-state index contributed by atoms with van der Waals surface area (Å²) >= 11 is 0. The third-order valence-electron chi connectivity index (χ3n) is 3.96. The largest absolute Gasteiger partial charge is 0.493 e. The van der Waals surface area contributed by atoms with Crippen LogP contribution in [0.2, 0.25) is 0 Å². The summed E-state index contributed by atoms with van der Waals surface area (Å²) in [6.45, 7) is 6.10. The van der Waals surface area contributed by atoms with E-state index in [1.54, 1.807) is 6.07 Å². The molecule has 0 amide bonds. The summed E-state index contributed by atoms with van der Waals surface area (Å²) in [5, 5.41) is 3.04. The van der Waals surface area contributed by atoms with Crippen LogP contribution in [0.5, 0.6) is 5.75 Å². The average Bonchev–Trinajstić information content (AvgIpc) is 2.96. The fourth-order valence-corrected chi connectivity index (χ4v) is 2.59. The molecule has 1 aromatic rings. The van der Waals surface area contributed by atoms with Crippen molar-refractivity contribution < 1.29 is 9.13 Å². The molecule has 0 spiro atoms. The fourth-order valence-electron chi connectivity index (χ4n) is 2.59. The third-order valence-corrected chi connectivity index (χ3v) is 3.96. The summed E-state index contributed by atoms with van der Waals surface area (Å²) in [5.74, 6) is 0.417. The van der Waals surface area contributed by atoms with Crippen LogP contribution in [-0.2, 0) is 0 Å². The summed E-state index contributed by atoms with van der Waals surface area (Å²) in [7, 11) is 1.83. The second-order valence-electron chi connectivity index (χ2n) is 5.44. The number of nitrogens with one attached hydrogen (secondary N) is 1.